The van der Waals surface area contributed by atoms with Crippen LogP contribution in [0.25, 0.3) is 0 Å². The zero-order chi connectivity index (χ0) is 14.0. The molecule has 1 unspecified atom stereocenters. The number of pyridine rings is 1. The monoisotopic (exact) mass is 292 g/mol. The second kappa shape index (κ2) is 5.63. The smallest absolute Gasteiger partial charge is 0.106 e. The van der Waals surface area contributed by atoms with Gasteiger partial charge in [0.2, 0.25) is 0 Å². The molecule has 0 aliphatic rings. The van der Waals surface area contributed by atoms with Crippen molar-refractivity contribution in [3.63, 3.8) is 0 Å². The van der Waals surface area contributed by atoms with E-state index in [0.29, 0.717) is 4.99 Å². The van der Waals surface area contributed by atoms with Gasteiger partial charge in [-0.05, 0) is 26.8 Å². The maximum atomic E-state index is 5.72. The van der Waals surface area contributed by atoms with Crippen molar-refractivity contribution in [1.29, 1.82) is 0 Å². The zero-order valence-electron chi connectivity index (χ0n) is 11.1. The number of aromatic nitrogens is 2. The molecule has 19 heavy (non-hydrogen) atoms. The largest absolute Gasteiger partial charge is 0.389 e. The van der Waals surface area contributed by atoms with Crippen LogP contribution in [-0.2, 0) is 0 Å². The Morgan fingerprint density at radius 1 is 1.47 bits per heavy atom. The van der Waals surface area contributed by atoms with Crippen LogP contribution in [0, 0.1) is 13.8 Å². The zero-order valence-corrected chi connectivity index (χ0v) is 12.7. The van der Waals surface area contributed by atoms with Gasteiger partial charge in [0.15, 0.2) is 0 Å². The van der Waals surface area contributed by atoms with Crippen LogP contribution in [0.4, 0.5) is 5.69 Å². The molecule has 3 N–H and O–H groups in total. The van der Waals surface area contributed by atoms with Gasteiger partial charge in [0.25, 0.3) is 0 Å². The van der Waals surface area contributed by atoms with E-state index in [-0.39, 0.29) is 6.04 Å². The average molecular weight is 292 g/mol. The Hall–Kier alpha value is -1.53. The van der Waals surface area contributed by atoms with Gasteiger partial charge in [-0.1, -0.05) is 12.2 Å². The molecule has 100 valence electrons. The maximum Gasteiger partial charge on any atom is 0.106 e. The number of nitrogens with one attached hydrogen (secondary N) is 1. The minimum absolute atomic E-state index is 0.142. The number of hydrogen-bond acceptors (Lipinski definition) is 5. The Labute approximate surface area is 122 Å². The third-order valence-electron chi connectivity index (χ3n) is 2.79. The highest BCUT2D eigenvalue weighted by Gasteiger charge is 2.14. The van der Waals surface area contributed by atoms with Crippen molar-refractivity contribution in [1.82, 2.24) is 9.97 Å². The lowest BCUT2D eigenvalue weighted by Gasteiger charge is -2.16. The Morgan fingerprint density at radius 2 is 2.21 bits per heavy atom. The number of thiazole rings is 1. The van der Waals surface area contributed by atoms with E-state index < -0.39 is 0 Å². The van der Waals surface area contributed by atoms with Crippen LogP contribution in [0.15, 0.2) is 18.5 Å². The molecule has 0 aliphatic carbocycles. The first-order chi connectivity index (χ1) is 8.99. The first kappa shape index (κ1) is 13.9. The van der Waals surface area contributed by atoms with Crippen LogP contribution in [0.3, 0.4) is 0 Å². The molecule has 0 saturated carbocycles. The maximum absolute atomic E-state index is 5.72. The number of thiocarbonyl (C=S) groups is 1. The first-order valence-corrected chi connectivity index (χ1v) is 7.15. The number of nitrogens with zero attached hydrogens (tertiary/aromatic N) is 2. The molecule has 1 atom stereocenters. The lowest BCUT2D eigenvalue weighted by atomic mass is 10.2. The van der Waals surface area contributed by atoms with Crippen molar-refractivity contribution < 1.29 is 0 Å². The highest BCUT2D eigenvalue weighted by atomic mass is 32.1. The minimum atomic E-state index is 0.142. The van der Waals surface area contributed by atoms with Crippen molar-refractivity contribution in [2.24, 2.45) is 5.73 Å². The lowest BCUT2D eigenvalue weighted by Crippen LogP contribution is -2.15. The molecule has 2 heterocycles. The highest BCUT2D eigenvalue weighted by molar-refractivity contribution is 7.80. The molecule has 0 fully saturated rings. The Balaban J connectivity index is 2.26. The summed E-state index contributed by atoms with van der Waals surface area (Å²) in [7, 11) is 0. The summed E-state index contributed by atoms with van der Waals surface area (Å²) in [4.78, 5) is 10.1. The molecule has 2 aromatic rings. The van der Waals surface area contributed by atoms with Gasteiger partial charge < -0.3 is 11.1 Å². The summed E-state index contributed by atoms with van der Waals surface area (Å²) in [6, 6.07) is 1.96. The van der Waals surface area contributed by atoms with Crippen LogP contribution in [0.2, 0.25) is 0 Å². The standard InChI is InChI=1S/C13H16N4S2/c1-7-12(19-9(3)16-7)8(2)17-11-6-15-5-4-10(11)13(14)18/h4-6,8,17H,1-3H3,(H2,14,18). The fraction of sp³-hybridized carbons (Fsp3) is 0.308. The Morgan fingerprint density at radius 3 is 2.79 bits per heavy atom. The normalized spacial score (nSPS) is 12.2. The fourth-order valence-electron chi connectivity index (χ4n) is 1.97. The molecule has 0 saturated heterocycles. The molecule has 0 aliphatic heterocycles. The second-order valence-electron chi connectivity index (χ2n) is 4.33. The van der Waals surface area contributed by atoms with E-state index in [2.05, 4.69) is 22.2 Å². The molecule has 2 aromatic heterocycles. The summed E-state index contributed by atoms with van der Waals surface area (Å²) in [6.07, 6.45) is 3.43. The second-order valence-corrected chi connectivity index (χ2v) is 6.01. The summed E-state index contributed by atoms with van der Waals surface area (Å²) in [5.41, 5.74) is 8.45. The van der Waals surface area contributed by atoms with Gasteiger partial charge in [-0.25, -0.2) is 4.98 Å². The number of nitrogens with two attached hydrogens (primary N) is 1. The van der Waals surface area contributed by atoms with Gasteiger partial charge in [-0.15, -0.1) is 11.3 Å². The molecule has 0 aromatic carbocycles. The third-order valence-corrected chi connectivity index (χ3v) is 4.27. The van der Waals surface area contributed by atoms with E-state index in [4.69, 9.17) is 18.0 Å². The summed E-state index contributed by atoms with van der Waals surface area (Å²) in [6.45, 7) is 6.13. The van der Waals surface area contributed by atoms with Crippen LogP contribution in [-0.4, -0.2) is 15.0 Å². The molecular weight excluding hydrogens is 276 g/mol. The topological polar surface area (TPSA) is 63.8 Å². The average Bonchev–Trinajstić information content (AvgIpc) is 2.69. The Bertz CT molecular complexity index is 606. The minimum Gasteiger partial charge on any atom is -0.389 e. The van der Waals surface area contributed by atoms with Crippen LogP contribution in [0.5, 0.6) is 0 Å². The van der Waals surface area contributed by atoms with E-state index in [1.165, 1.54) is 4.88 Å². The number of aryl methyl sites for hydroxylation is 2. The van der Waals surface area contributed by atoms with E-state index in [0.717, 1.165) is 22.0 Å². The van der Waals surface area contributed by atoms with Crippen molar-refractivity contribution in [2.45, 2.75) is 26.8 Å². The summed E-state index contributed by atoms with van der Waals surface area (Å²) in [5, 5.41) is 4.47. The third kappa shape index (κ3) is 3.08. The Kier molecular flexibility index (Phi) is 4.11. The van der Waals surface area contributed by atoms with Gasteiger partial charge >= 0.3 is 0 Å². The molecule has 2 rings (SSSR count). The van der Waals surface area contributed by atoms with Crippen molar-refractivity contribution >= 4 is 34.2 Å². The molecular formula is C13H16N4S2. The number of hydrogen-bond donors (Lipinski definition) is 2. The number of rotatable bonds is 4. The fourth-order valence-corrected chi connectivity index (χ4v) is 3.08. The van der Waals surface area contributed by atoms with Crippen LogP contribution in [0.1, 0.15) is 34.1 Å². The highest BCUT2D eigenvalue weighted by Crippen LogP contribution is 2.28. The van der Waals surface area contributed by atoms with Crippen LogP contribution >= 0.6 is 23.6 Å². The number of anilines is 1. The summed E-state index contributed by atoms with van der Waals surface area (Å²) < 4.78 is 0. The predicted molar refractivity (Wildman–Crippen MR) is 83.8 cm³/mol. The lowest BCUT2D eigenvalue weighted by molar-refractivity contribution is 0.887. The molecule has 0 amide bonds. The van der Waals surface area contributed by atoms with Crippen molar-refractivity contribution in [3.05, 3.63) is 39.6 Å². The van der Waals surface area contributed by atoms with Gasteiger partial charge in [-0.3, -0.25) is 4.98 Å². The summed E-state index contributed by atoms with van der Waals surface area (Å²) in [5.74, 6) is 0. The van der Waals surface area contributed by atoms with E-state index >= 15 is 0 Å². The summed E-state index contributed by atoms with van der Waals surface area (Å²) >= 11 is 6.75. The van der Waals surface area contributed by atoms with E-state index in [1.807, 2.05) is 19.9 Å². The van der Waals surface area contributed by atoms with E-state index in [9.17, 15) is 0 Å². The SMILES string of the molecule is Cc1nc(C)c(C(C)Nc2cnccc2C(N)=S)s1. The van der Waals surface area contributed by atoms with Crippen LogP contribution < -0.4 is 11.1 Å². The predicted octanol–water partition coefficient (Wildman–Crippen LogP) is 2.96. The quantitative estimate of drug-likeness (QED) is 0.848. The molecule has 4 nitrogen and oxygen atoms in total. The van der Waals surface area contributed by atoms with Gasteiger partial charge in [0, 0.05) is 16.6 Å². The molecule has 0 radical (unpaired) electrons. The molecule has 0 bridgehead atoms. The molecule has 0 spiro atoms. The van der Waals surface area contributed by atoms with Crippen molar-refractivity contribution in [3.8, 4) is 0 Å². The van der Waals surface area contributed by atoms with Crippen molar-refractivity contribution in [2.75, 3.05) is 5.32 Å². The molecule has 6 heteroatoms. The van der Waals surface area contributed by atoms with Gasteiger partial charge in [0.1, 0.15) is 4.99 Å². The van der Waals surface area contributed by atoms with Gasteiger partial charge in [0.05, 0.1) is 28.6 Å². The first-order valence-electron chi connectivity index (χ1n) is 5.93. The van der Waals surface area contributed by atoms with E-state index in [1.54, 1.807) is 23.7 Å². The van der Waals surface area contributed by atoms with Gasteiger partial charge in [-0.2, -0.15) is 0 Å².